The summed E-state index contributed by atoms with van der Waals surface area (Å²) in [7, 11) is 1.68. The highest BCUT2D eigenvalue weighted by Crippen LogP contribution is 2.13. The molecule has 0 spiro atoms. The van der Waals surface area contributed by atoms with Gasteiger partial charge < -0.3 is 4.74 Å². The Bertz CT molecular complexity index is 254. The third kappa shape index (κ3) is 4.84. The van der Waals surface area contributed by atoms with Gasteiger partial charge in [-0.25, -0.2) is 5.11 Å². The molecule has 15 heavy (non-hydrogen) atoms. The van der Waals surface area contributed by atoms with Crippen LogP contribution in [0.5, 0.6) is 5.75 Å². The summed E-state index contributed by atoms with van der Waals surface area (Å²) in [6, 6.07) is 8.19. The molecular formula is C13H19O2. The van der Waals surface area contributed by atoms with Crippen LogP contribution in [0.25, 0.3) is 0 Å². The van der Waals surface area contributed by atoms with Crippen molar-refractivity contribution in [2.24, 2.45) is 0 Å². The van der Waals surface area contributed by atoms with Gasteiger partial charge in [-0.15, -0.1) is 0 Å². The lowest BCUT2D eigenvalue weighted by Gasteiger charge is -2.03. The first-order valence-electron chi connectivity index (χ1n) is 5.58. The molecular weight excluding hydrogens is 188 g/mol. The molecule has 0 fully saturated rings. The molecule has 0 unspecified atom stereocenters. The summed E-state index contributed by atoms with van der Waals surface area (Å²) in [5.41, 5.74) is 1.35. The summed E-state index contributed by atoms with van der Waals surface area (Å²) in [6.45, 7) is 0.0720. The third-order valence-electron chi connectivity index (χ3n) is 2.52. The van der Waals surface area contributed by atoms with Gasteiger partial charge >= 0.3 is 0 Å². The Kier molecular flexibility index (Phi) is 5.86. The van der Waals surface area contributed by atoms with Crippen LogP contribution in [-0.2, 0) is 11.5 Å². The lowest BCUT2D eigenvalue weighted by atomic mass is 10.1. The largest absolute Gasteiger partial charge is 0.497 e. The van der Waals surface area contributed by atoms with Crippen LogP contribution in [0.2, 0.25) is 0 Å². The van der Waals surface area contributed by atoms with E-state index < -0.39 is 0 Å². The average molecular weight is 207 g/mol. The fourth-order valence-electron chi connectivity index (χ4n) is 1.58. The maximum absolute atomic E-state index is 10.2. The van der Waals surface area contributed by atoms with Crippen LogP contribution in [0, 0.1) is 0 Å². The molecule has 0 amide bonds. The van der Waals surface area contributed by atoms with E-state index >= 15 is 0 Å². The minimum atomic E-state index is 0.0720. The molecule has 0 aliphatic heterocycles. The zero-order valence-electron chi connectivity index (χ0n) is 9.37. The summed E-state index contributed by atoms with van der Waals surface area (Å²) in [6.07, 6.45) is 5.33. The van der Waals surface area contributed by atoms with Crippen molar-refractivity contribution >= 4 is 0 Å². The van der Waals surface area contributed by atoms with E-state index in [-0.39, 0.29) is 6.61 Å². The van der Waals surface area contributed by atoms with Crippen LogP contribution in [0.3, 0.4) is 0 Å². The molecule has 0 heterocycles. The lowest BCUT2D eigenvalue weighted by Crippen LogP contribution is -1.88. The lowest BCUT2D eigenvalue weighted by molar-refractivity contribution is 0.186. The summed E-state index contributed by atoms with van der Waals surface area (Å²) in [5, 5.41) is 10.2. The van der Waals surface area contributed by atoms with E-state index in [4.69, 9.17) is 4.74 Å². The Hall–Kier alpha value is -1.02. The Balaban J connectivity index is 2.20. The Morgan fingerprint density at radius 2 is 1.67 bits per heavy atom. The van der Waals surface area contributed by atoms with Crippen LogP contribution < -0.4 is 4.74 Å². The maximum atomic E-state index is 10.2. The number of hydrogen-bond donors (Lipinski definition) is 0. The molecule has 0 saturated heterocycles. The molecule has 2 nitrogen and oxygen atoms in total. The van der Waals surface area contributed by atoms with Crippen LogP contribution in [0.1, 0.15) is 31.2 Å². The van der Waals surface area contributed by atoms with Crippen LogP contribution in [0.15, 0.2) is 24.3 Å². The molecule has 0 saturated carbocycles. The second-order valence-electron chi connectivity index (χ2n) is 3.72. The first-order chi connectivity index (χ1) is 7.36. The molecule has 2 heteroatoms. The zero-order valence-corrected chi connectivity index (χ0v) is 9.37. The van der Waals surface area contributed by atoms with Gasteiger partial charge in [-0.1, -0.05) is 25.0 Å². The van der Waals surface area contributed by atoms with E-state index in [1.165, 1.54) is 12.0 Å². The summed E-state index contributed by atoms with van der Waals surface area (Å²) >= 11 is 0. The number of methoxy groups -OCH3 is 1. The van der Waals surface area contributed by atoms with Gasteiger partial charge in [-0.05, 0) is 37.0 Å². The molecule has 0 aliphatic rings. The highest BCUT2D eigenvalue weighted by atomic mass is 16.5. The SMILES string of the molecule is COc1ccc(CCCCCC[O])cc1. The smallest absolute Gasteiger partial charge is 0.118 e. The van der Waals surface area contributed by atoms with E-state index in [0.717, 1.165) is 31.4 Å². The van der Waals surface area contributed by atoms with E-state index in [2.05, 4.69) is 12.1 Å². The van der Waals surface area contributed by atoms with Gasteiger partial charge in [-0.2, -0.15) is 0 Å². The third-order valence-corrected chi connectivity index (χ3v) is 2.52. The molecule has 1 aromatic rings. The van der Waals surface area contributed by atoms with Crippen molar-refractivity contribution in [1.82, 2.24) is 0 Å². The van der Waals surface area contributed by atoms with E-state index in [1.54, 1.807) is 7.11 Å². The first kappa shape index (κ1) is 12.1. The summed E-state index contributed by atoms with van der Waals surface area (Å²) < 4.78 is 5.09. The first-order valence-corrected chi connectivity index (χ1v) is 5.58. The monoisotopic (exact) mass is 207 g/mol. The Labute approximate surface area is 91.9 Å². The van der Waals surface area contributed by atoms with Crippen molar-refractivity contribution in [3.8, 4) is 5.75 Å². The number of ether oxygens (including phenoxy) is 1. The quantitative estimate of drug-likeness (QED) is 0.631. The standard InChI is InChI=1S/C13H19O2/c1-15-13-9-7-12(8-10-13)6-4-2-3-5-11-14/h7-10H,2-6,11H2,1H3. The van der Waals surface area contributed by atoms with Gasteiger partial charge in [0.2, 0.25) is 0 Å². The number of benzene rings is 1. The van der Waals surface area contributed by atoms with Gasteiger partial charge in [-0.3, -0.25) is 0 Å². The van der Waals surface area contributed by atoms with Gasteiger partial charge in [0.15, 0.2) is 0 Å². The number of hydrogen-bond acceptors (Lipinski definition) is 1. The molecule has 0 atom stereocenters. The van der Waals surface area contributed by atoms with Crippen LogP contribution in [-0.4, -0.2) is 13.7 Å². The predicted molar refractivity (Wildman–Crippen MR) is 60.7 cm³/mol. The summed E-state index contributed by atoms with van der Waals surface area (Å²) in [4.78, 5) is 0. The van der Waals surface area contributed by atoms with Crippen molar-refractivity contribution in [3.63, 3.8) is 0 Å². The van der Waals surface area contributed by atoms with Crippen LogP contribution in [0.4, 0.5) is 0 Å². The Morgan fingerprint density at radius 1 is 1.00 bits per heavy atom. The van der Waals surface area contributed by atoms with Gasteiger partial charge in [0.05, 0.1) is 13.7 Å². The predicted octanol–water partition coefficient (Wildman–Crippen LogP) is 3.23. The van der Waals surface area contributed by atoms with E-state index in [1.807, 2.05) is 12.1 Å². The molecule has 0 bridgehead atoms. The maximum Gasteiger partial charge on any atom is 0.118 e. The van der Waals surface area contributed by atoms with Crippen molar-refractivity contribution in [1.29, 1.82) is 0 Å². The number of aryl methyl sites for hydroxylation is 1. The normalized spacial score (nSPS) is 10.3. The molecule has 0 aliphatic carbocycles. The molecule has 1 radical (unpaired) electrons. The van der Waals surface area contributed by atoms with E-state index in [0.29, 0.717) is 0 Å². The van der Waals surface area contributed by atoms with Gasteiger partial charge in [0, 0.05) is 0 Å². The van der Waals surface area contributed by atoms with Crippen LogP contribution >= 0.6 is 0 Å². The highest BCUT2D eigenvalue weighted by molar-refractivity contribution is 5.27. The molecule has 0 N–H and O–H groups in total. The summed E-state index contributed by atoms with van der Waals surface area (Å²) in [5.74, 6) is 0.908. The number of unbranched alkanes of at least 4 members (excludes halogenated alkanes) is 3. The molecule has 83 valence electrons. The fourth-order valence-corrected chi connectivity index (χ4v) is 1.58. The number of rotatable bonds is 7. The van der Waals surface area contributed by atoms with Crippen molar-refractivity contribution in [3.05, 3.63) is 29.8 Å². The van der Waals surface area contributed by atoms with E-state index in [9.17, 15) is 5.11 Å². The average Bonchev–Trinajstić information content (AvgIpc) is 2.30. The fraction of sp³-hybridized carbons (Fsp3) is 0.538. The van der Waals surface area contributed by atoms with Crippen molar-refractivity contribution in [2.75, 3.05) is 13.7 Å². The van der Waals surface area contributed by atoms with Gasteiger partial charge in [0.1, 0.15) is 5.75 Å². The minimum Gasteiger partial charge on any atom is -0.497 e. The second-order valence-corrected chi connectivity index (χ2v) is 3.72. The minimum absolute atomic E-state index is 0.0720. The molecule has 1 rings (SSSR count). The van der Waals surface area contributed by atoms with Crippen molar-refractivity contribution < 1.29 is 9.84 Å². The molecule has 0 aromatic heterocycles. The van der Waals surface area contributed by atoms with Crippen molar-refractivity contribution in [2.45, 2.75) is 32.1 Å². The van der Waals surface area contributed by atoms with Gasteiger partial charge in [0.25, 0.3) is 0 Å². The Morgan fingerprint density at radius 3 is 2.27 bits per heavy atom. The highest BCUT2D eigenvalue weighted by Gasteiger charge is 1.95. The zero-order chi connectivity index (χ0) is 10.9. The molecule has 1 aromatic carbocycles. The second kappa shape index (κ2) is 7.30. The topological polar surface area (TPSA) is 29.1 Å².